The van der Waals surface area contributed by atoms with Crippen LogP contribution in [0.4, 0.5) is 21.9 Å². The van der Waals surface area contributed by atoms with Gasteiger partial charge in [0.2, 0.25) is 0 Å². The number of benzene rings is 2. The van der Waals surface area contributed by atoms with Crippen molar-refractivity contribution in [2.75, 3.05) is 62.6 Å². The highest BCUT2D eigenvalue weighted by Crippen LogP contribution is 2.30. The summed E-state index contributed by atoms with van der Waals surface area (Å²) in [6.45, 7) is 5.55. The van der Waals surface area contributed by atoms with Crippen molar-refractivity contribution in [1.29, 1.82) is 0 Å². The molecule has 0 atom stereocenters. The maximum atomic E-state index is 13.1. The Morgan fingerprint density at radius 2 is 1.77 bits per heavy atom. The van der Waals surface area contributed by atoms with E-state index in [-0.39, 0.29) is 5.91 Å². The van der Waals surface area contributed by atoms with E-state index in [1.165, 1.54) is 13.5 Å². The van der Waals surface area contributed by atoms with E-state index in [2.05, 4.69) is 20.9 Å². The van der Waals surface area contributed by atoms with Gasteiger partial charge in [0, 0.05) is 50.3 Å². The van der Waals surface area contributed by atoms with Gasteiger partial charge in [-0.15, -0.1) is 0 Å². The van der Waals surface area contributed by atoms with Crippen LogP contribution in [-0.4, -0.2) is 59.0 Å². The quantitative estimate of drug-likeness (QED) is 0.406. The molecule has 9 nitrogen and oxygen atoms in total. The van der Waals surface area contributed by atoms with E-state index in [1.54, 1.807) is 31.4 Å². The molecule has 35 heavy (non-hydrogen) atoms. The van der Waals surface area contributed by atoms with Crippen molar-refractivity contribution in [2.24, 2.45) is 0 Å². The molecule has 3 rings (SSSR count). The fourth-order valence-corrected chi connectivity index (χ4v) is 4.01. The van der Waals surface area contributed by atoms with Gasteiger partial charge in [0.1, 0.15) is 11.5 Å². The standard InChI is InChI=1S/C26H36N4O5/c1-4-35-16-8-13-27-25(31)21-17-19(9-12-23(21)30-14-6-5-7-15-30)28-26(32)29-22-11-10-20(33-2)18-24(22)34-3/h9-12,17-18H,4-8,13-16H2,1-3H3,(H,27,31)(H2,28,29,32). The van der Waals surface area contributed by atoms with Gasteiger partial charge in [-0.25, -0.2) is 4.79 Å². The fraction of sp³-hybridized carbons (Fsp3) is 0.462. The molecule has 0 radical (unpaired) electrons. The van der Waals surface area contributed by atoms with Crippen LogP contribution in [0, 0.1) is 0 Å². The number of piperidine rings is 1. The van der Waals surface area contributed by atoms with Gasteiger partial charge in [0.05, 0.1) is 25.5 Å². The predicted molar refractivity (Wildman–Crippen MR) is 138 cm³/mol. The lowest BCUT2D eigenvalue weighted by Crippen LogP contribution is -2.33. The number of carbonyl (C=O) groups excluding carboxylic acids is 2. The summed E-state index contributed by atoms with van der Waals surface area (Å²) in [7, 11) is 3.09. The smallest absolute Gasteiger partial charge is 0.323 e. The molecule has 190 valence electrons. The molecule has 2 aromatic rings. The lowest BCUT2D eigenvalue weighted by Gasteiger charge is -2.30. The Bertz CT molecular complexity index is 992. The van der Waals surface area contributed by atoms with E-state index in [1.807, 2.05) is 19.1 Å². The molecule has 0 aromatic heterocycles. The Morgan fingerprint density at radius 3 is 2.49 bits per heavy atom. The van der Waals surface area contributed by atoms with Crippen molar-refractivity contribution in [1.82, 2.24) is 5.32 Å². The predicted octanol–water partition coefficient (Wildman–Crippen LogP) is 4.49. The first-order valence-corrected chi connectivity index (χ1v) is 12.1. The zero-order valence-electron chi connectivity index (χ0n) is 20.8. The fourth-order valence-electron chi connectivity index (χ4n) is 4.01. The zero-order chi connectivity index (χ0) is 25.0. The number of nitrogens with one attached hydrogen (secondary N) is 3. The summed E-state index contributed by atoms with van der Waals surface area (Å²) >= 11 is 0. The number of amides is 3. The van der Waals surface area contributed by atoms with E-state index in [0.717, 1.165) is 38.0 Å². The van der Waals surface area contributed by atoms with Crippen LogP contribution in [0.15, 0.2) is 36.4 Å². The van der Waals surface area contributed by atoms with Gasteiger partial charge in [0.15, 0.2) is 0 Å². The van der Waals surface area contributed by atoms with Crippen molar-refractivity contribution in [3.63, 3.8) is 0 Å². The van der Waals surface area contributed by atoms with Gasteiger partial charge >= 0.3 is 6.03 Å². The molecule has 3 N–H and O–H groups in total. The highest BCUT2D eigenvalue weighted by atomic mass is 16.5. The van der Waals surface area contributed by atoms with Gasteiger partial charge in [0.25, 0.3) is 5.91 Å². The van der Waals surface area contributed by atoms with E-state index < -0.39 is 6.03 Å². The van der Waals surface area contributed by atoms with Crippen LogP contribution in [-0.2, 0) is 4.74 Å². The molecule has 0 bridgehead atoms. The number of nitrogens with zero attached hydrogens (tertiary/aromatic N) is 1. The number of rotatable bonds is 11. The summed E-state index contributed by atoms with van der Waals surface area (Å²) < 4.78 is 15.9. The SMILES string of the molecule is CCOCCCNC(=O)c1cc(NC(=O)Nc2ccc(OC)cc2OC)ccc1N1CCCCC1. The number of carbonyl (C=O) groups is 2. The molecule has 0 spiro atoms. The first kappa shape index (κ1) is 26.2. The normalized spacial score (nSPS) is 13.2. The molecule has 1 aliphatic rings. The van der Waals surface area contributed by atoms with Crippen LogP contribution in [0.25, 0.3) is 0 Å². The van der Waals surface area contributed by atoms with Gasteiger partial charge in [-0.1, -0.05) is 0 Å². The molecule has 3 amide bonds. The number of methoxy groups -OCH3 is 2. The molecule has 0 unspecified atom stereocenters. The largest absolute Gasteiger partial charge is 0.497 e. The topological polar surface area (TPSA) is 101 Å². The highest BCUT2D eigenvalue weighted by molar-refractivity contribution is 6.04. The summed E-state index contributed by atoms with van der Waals surface area (Å²) in [6, 6.07) is 10.1. The molecular formula is C26H36N4O5. The van der Waals surface area contributed by atoms with Crippen LogP contribution in [0.1, 0.15) is 43.0 Å². The number of hydrogen-bond acceptors (Lipinski definition) is 6. The maximum absolute atomic E-state index is 13.1. The lowest BCUT2D eigenvalue weighted by atomic mass is 10.1. The summed E-state index contributed by atoms with van der Waals surface area (Å²) in [4.78, 5) is 28.0. The number of hydrogen-bond donors (Lipinski definition) is 3. The molecule has 0 saturated carbocycles. The van der Waals surface area contributed by atoms with Crippen molar-refractivity contribution in [3.05, 3.63) is 42.0 Å². The van der Waals surface area contributed by atoms with Gasteiger partial charge in [-0.05, 0) is 62.9 Å². The minimum absolute atomic E-state index is 0.164. The summed E-state index contributed by atoms with van der Waals surface area (Å²) in [5.41, 5.74) is 2.45. The molecule has 1 fully saturated rings. The molecule has 9 heteroatoms. The molecule has 0 aliphatic carbocycles. The summed E-state index contributed by atoms with van der Waals surface area (Å²) in [5.74, 6) is 0.938. The second-order valence-corrected chi connectivity index (χ2v) is 8.23. The highest BCUT2D eigenvalue weighted by Gasteiger charge is 2.20. The van der Waals surface area contributed by atoms with Crippen LogP contribution < -0.4 is 30.3 Å². The third kappa shape index (κ3) is 7.51. The second kappa shape index (κ2) is 13.4. The van der Waals surface area contributed by atoms with E-state index in [9.17, 15) is 9.59 Å². The first-order chi connectivity index (χ1) is 17.0. The minimum Gasteiger partial charge on any atom is -0.497 e. The van der Waals surface area contributed by atoms with Gasteiger partial charge < -0.3 is 35.1 Å². The Kier molecular flexibility index (Phi) is 10.0. The Morgan fingerprint density at radius 1 is 0.971 bits per heavy atom. The minimum atomic E-state index is -0.442. The van der Waals surface area contributed by atoms with Crippen molar-refractivity contribution in [3.8, 4) is 11.5 Å². The van der Waals surface area contributed by atoms with Crippen molar-refractivity contribution < 1.29 is 23.8 Å². The molecule has 2 aromatic carbocycles. The molecular weight excluding hydrogens is 448 g/mol. The third-order valence-electron chi connectivity index (χ3n) is 5.81. The Balaban J connectivity index is 1.73. The van der Waals surface area contributed by atoms with Crippen LogP contribution in [0.3, 0.4) is 0 Å². The Labute approximate surface area is 207 Å². The van der Waals surface area contributed by atoms with Crippen LogP contribution in [0.2, 0.25) is 0 Å². The van der Waals surface area contributed by atoms with E-state index in [4.69, 9.17) is 14.2 Å². The third-order valence-corrected chi connectivity index (χ3v) is 5.81. The summed E-state index contributed by atoms with van der Waals surface area (Å²) in [5, 5.41) is 8.59. The van der Waals surface area contributed by atoms with Crippen LogP contribution in [0.5, 0.6) is 11.5 Å². The molecule has 1 saturated heterocycles. The van der Waals surface area contributed by atoms with Crippen molar-refractivity contribution in [2.45, 2.75) is 32.6 Å². The zero-order valence-corrected chi connectivity index (χ0v) is 20.8. The van der Waals surface area contributed by atoms with E-state index >= 15 is 0 Å². The van der Waals surface area contributed by atoms with Crippen LogP contribution >= 0.6 is 0 Å². The first-order valence-electron chi connectivity index (χ1n) is 12.1. The maximum Gasteiger partial charge on any atom is 0.323 e. The Hall–Kier alpha value is -3.46. The molecule has 1 aliphatic heterocycles. The average Bonchev–Trinajstić information content (AvgIpc) is 2.89. The monoisotopic (exact) mass is 484 g/mol. The van der Waals surface area contributed by atoms with Gasteiger partial charge in [-0.3, -0.25) is 4.79 Å². The number of urea groups is 1. The van der Waals surface area contributed by atoms with E-state index in [0.29, 0.717) is 48.2 Å². The number of anilines is 3. The number of ether oxygens (including phenoxy) is 3. The summed E-state index contributed by atoms with van der Waals surface area (Å²) in [6.07, 6.45) is 4.13. The van der Waals surface area contributed by atoms with Gasteiger partial charge in [-0.2, -0.15) is 0 Å². The lowest BCUT2D eigenvalue weighted by molar-refractivity contribution is 0.0944. The average molecular weight is 485 g/mol. The van der Waals surface area contributed by atoms with Crippen molar-refractivity contribution >= 4 is 29.0 Å². The second-order valence-electron chi connectivity index (χ2n) is 8.23. The molecule has 1 heterocycles.